The molecule has 3 aromatic rings. The molecule has 0 amide bonds. The van der Waals surface area contributed by atoms with E-state index in [2.05, 4.69) is 15.8 Å². The van der Waals surface area contributed by atoms with Gasteiger partial charge in [0, 0.05) is 11.6 Å². The van der Waals surface area contributed by atoms with Crippen LogP contribution in [0.3, 0.4) is 0 Å². The SMILES string of the molecule is COc1c(Cl)c2c(c(OC)c1OC)-c1ccc(OC)c(=O)cc1[C@@H](NC(=S)Nc1cc(C)on1)CC2. The second kappa shape index (κ2) is 10.6. The second-order valence-corrected chi connectivity index (χ2v) is 8.85. The zero-order chi connectivity index (χ0) is 26.0. The number of aromatic nitrogens is 1. The summed E-state index contributed by atoms with van der Waals surface area (Å²) in [6, 6.07) is 6.37. The van der Waals surface area contributed by atoms with Crippen LogP contribution in [0.4, 0.5) is 5.82 Å². The largest absolute Gasteiger partial charge is 0.493 e. The predicted octanol–water partition coefficient (Wildman–Crippen LogP) is 4.67. The van der Waals surface area contributed by atoms with Gasteiger partial charge in [0.15, 0.2) is 28.2 Å². The first-order chi connectivity index (χ1) is 17.3. The van der Waals surface area contributed by atoms with Gasteiger partial charge in [-0.25, -0.2) is 0 Å². The summed E-state index contributed by atoms with van der Waals surface area (Å²) in [6.07, 6.45) is 1.10. The number of benzene rings is 1. The van der Waals surface area contributed by atoms with Crippen LogP contribution >= 0.6 is 23.8 Å². The fourth-order valence-electron chi connectivity index (χ4n) is 4.42. The minimum Gasteiger partial charge on any atom is -0.493 e. The van der Waals surface area contributed by atoms with E-state index in [0.29, 0.717) is 62.9 Å². The van der Waals surface area contributed by atoms with Crippen molar-refractivity contribution in [3.63, 3.8) is 0 Å². The fraction of sp³-hybridized carbons (Fsp3) is 0.320. The van der Waals surface area contributed by atoms with Crippen LogP contribution in [0.2, 0.25) is 5.02 Å². The smallest absolute Gasteiger partial charge is 0.220 e. The average molecular weight is 532 g/mol. The van der Waals surface area contributed by atoms with Crippen LogP contribution in [0.25, 0.3) is 11.1 Å². The number of nitrogens with one attached hydrogen (secondary N) is 2. The van der Waals surface area contributed by atoms with E-state index in [1.54, 1.807) is 32.2 Å². The Morgan fingerprint density at radius 1 is 1.08 bits per heavy atom. The maximum Gasteiger partial charge on any atom is 0.220 e. The van der Waals surface area contributed by atoms with E-state index < -0.39 is 0 Å². The molecule has 2 N–H and O–H groups in total. The molecule has 0 bridgehead atoms. The van der Waals surface area contributed by atoms with Gasteiger partial charge in [0.2, 0.25) is 11.2 Å². The van der Waals surface area contributed by atoms with Crippen molar-refractivity contribution >= 4 is 34.7 Å². The van der Waals surface area contributed by atoms with Crippen LogP contribution in [0, 0.1) is 6.92 Å². The lowest BCUT2D eigenvalue weighted by Gasteiger charge is -2.21. The van der Waals surface area contributed by atoms with Crippen molar-refractivity contribution in [2.45, 2.75) is 25.8 Å². The lowest BCUT2D eigenvalue weighted by Crippen LogP contribution is -2.32. The monoisotopic (exact) mass is 531 g/mol. The molecule has 9 nitrogen and oxygen atoms in total. The molecule has 190 valence electrons. The summed E-state index contributed by atoms with van der Waals surface area (Å²) < 4.78 is 27.4. The van der Waals surface area contributed by atoms with Crippen molar-refractivity contribution < 1.29 is 23.5 Å². The molecule has 2 aromatic carbocycles. The highest BCUT2D eigenvalue weighted by Crippen LogP contribution is 2.54. The Morgan fingerprint density at radius 2 is 1.81 bits per heavy atom. The molecule has 0 fully saturated rings. The van der Waals surface area contributed by atoms with Gasteiger partial charge < -0.3 is 34.1 Å². The number of anilines is 1. The molecule has 0 unspecified atom stereocenters. The summed E-state index contributed by atoms with van der Waals surface area (Å²) in [5.74, 6) is 2.52. The minimum absolute atomic E-state index is 0.202. The highest BCUT2D eigenvalue weighted by molar-refractivity contribution is 7.80. The molecule has 1 aromatic heterocycles. The van der Waals surface area contributed by atoms with Gasteiger partial charge in [-0.3, -0.25) is 4.79 Å². The molecule has 1 heterocycles. The Hall–Kier alpha value is -3.50. The lowest BCUT2D eigenvalue weighted by atomic mass is 9.95. The van der Waals surface area contributed by atoms with E-state index in [1.165, 1.54) is 21.3 Å². The van der Waals surface area contributed by atoms with Crippen LogP contribution in [-0.4, -0.2) is 38.7 Å². The molecule has 36 heavy (non-hydrogen) atoms. The number of fused-ring (bicyclic) bond motifs is 3. The first-order valence-corrected chi connectivity index (χ1v) is 11.8. The molecule has 11 heteroatoms. The number of hydrogen-bond acceptors (Lipinski definition) is 8. The quantitative estimate of drug-likeness (QED) is 0.436. The van der Waals surface area contributed by atoms with E-state index in [0.717, 1.165) is 11.1 Å². The molecule has 1 aliphatic carbocycles. The van der Waals surface area contributed by atoms with Crippen molar-refractivity contribution in [3.8, 4) is 34.1 Å². The number of rotatable bonds is 6. The highest BCUT2D eigenvalue weighted by atomic mass is 35.5. The first-order valence-electron chi connectivity index (χ1n) is 11.1. The van der Waals surface area contributed by atoms with Crippen LogP contribution < -0.4 is 35.0 Å². The third kappa shape index (κ3) is 4.66. The van der Waals surface area contributed by atoms with Gasteiger partial charge in [0.1, 0.15) is 5.76 Å². The number of ether oxygens (including phenoxy) is 4. The molecular formula is C25H26ClN3O6S. The van der Waals surface area contributed by atoms with Crippen molar-refractivity contribution in [2.75, 3.05) is 33.8 Å². The van der Waals surface area contributed by atoms with Crippen LogP contribution in [0.1, 0.15) is 29.3 Å². The molecular weight excluding hydrogens is 506 g/mol. The standard InChI is InChI=1S/C25H26ClN3O6S/c1-12-10-19(29-35-12)28-25(36)27-16-8-6-14-20(13-7-9-18(31-2)17(30)11-15(13)16)22(32-3)24(34-5)23(33-4)21(14)26/h7,9-11,16H,6,8H2,1-5H3,(H2,27,28,29,36)/t16-/m0/s1. The van der Waals surface area contributed by atoms with Gasteiger partial charge in [-0.15, -0.1) is 0 Å². The Bertz CT molecular complexity index is 1380. The molecule has 0 aliphatic heterocycles. The van der Waals surface area contributed by atoms with E-state index in [-0.39, 0.29) is 17.2 Å². The molecule has 0 saturated heterocycles. The number of nitrogens with zero attached hydrogens (tertiary/aromatic N) is 1. The highest BCUT2D eigenvalue weighted by Gasteiger charge is 2.32. The van der Waals surface area contributed by atoms with Crippen LogP contribution in [0.15, 0.2) is 33.6 Å². The van der Waals surface area contributed by atoms with Gasteiger partial charge in [0.25, 0.3) is 0 Å². The van der Waals surface area contributed by atoms with Gasteiger partial charge in [-0.2, -0.15) is 0 Å². The number of halogens is 1. The average Bonchev–Trinajstić information content (AvgIpc) is 3.11. The van der Waals surface area contributed by atoms with Crippen molar-refractivity contribution in [2.24, 2.45) is 0 Å². The summed E-state index contributed by atoms with van der Waals surface area (Å²) in [7, 11) is 6.04. The summed E-state index contributed by atoms with van der Waals surface area (Å²) in [6.45, 7) is 1.79. The summed E-state index contributed by atoms with van der Waals surface area (Å²) in [5, 5.41) is 11.0. The Morgan fingerprint density at radius 3 is 2.42 bits per heavy atom. The van der Waals surface area contributed by atoms with E-state index in [9.17, 15) is 4.79 Å². The first kappa shape index (κ1) is 25.6. The van der Waals surface area contributed by atoms with Crippen molar-refractivity contribution in [1.29, 1.82) is 0 Å². The number of hydrogen-bond donors (Lipinski definition) is 2. The maximum atomic E-state index is 13.0. The molecule has 4 rings (SSSR count). The Labute approximate surface area is 218 Å². The van der Waals surface area contributed by atoms with Gasteiger partial charge >= 0.3 is 0 Å². The van der Waals surface area contributed by atoms with Gasteiger partial charge in [-0.1, -0.05) is 22.8 Å². The topological polar surface area (TPSA) is 104 Å². The number of thiocarbonyl (C=S) groups is 1. The fourth-order valence-corrected chi connectivity index (χ4v) is 5.02. The third-order valence-corrected chi connectivity index (χ3v) is 6.60. The van der Waals surface area contributed by atoms with Crippen molar-refractivity contribution in [3.05, 3.63) is 56.4 Å². The molecule has 1 aliphatic rings. The summed E-state index contributed by atoms with van der Waals surface area (Å²) in [4.78, 5) is 13.0. The van der Waals surface area contributed by atoms with Crippen LogP contribution in [-0.2, 0) is 6.42 Å². The predicted molar refractivity (Wildman–Crippen MR) is 141 cm³/mol. The normalized spacial score (nSPS) is 14.1. The maximum absolute atomic E-state index is 13.0. The third-order valence-electron chi connectivity index (χ3n) is 5.98. The van der Waals surface area contributed by atoms with Gasteiger partial charge in [0.05, 0.1) is 39.5 Å². The molecule has 0 saturated carbocycles. The van der Waals surface area contributed by atoms with E-state index in [1.807, 2.05) is 6.07 Å². The minimum atomic E-state index is -0.358. The van der Waals surface area contributed by atoms with Crippen molar-refractivity contribution in [1.82, 2.24) is 10.5 Å². The summed E-state index contributed by atoms with van der Waals surface area (Å²) >= 11 is 12.4. The molecule has 0 spiro atoms. The summed E-state index contributed by atoms with van der Waals surface area (Å²) in [5.41, 5.74) is 2.67. The van der Waals surface area contributed by atoms with E-state index >= 15 is 0 Å². The van der Waals surface area contributed by atoms with Gasteiger partial charge in [-0.05, 0) is 60.8 Å². The molecule has 0 radical (unpaired) electrons. The zero-order valence-electron chi connectivity index (χ0n) is 20.5. The number of aryl methyl sites for hydroxylation is 1. The molecule has 1 atom stereocenters. The van der Waals surface area contributed by atoms with E-state index in [4.69, 9.17) is 47.3 Å². The number of methoxy groups -OCH3 is 4. The Kier molecular flexibility index (Phi) is 7.56. The second-order valence-electron chi connectivity index (χ2n) is 8.06. The van der Waals surface area contributed by atoms with Crippen LogP contribution in [0.5, 0.6) is 23.0 Å². The Balaban J connectivity index is 1.91. The lowest BCUT2D eigenvalue weighted by molar-refractivity contribution is 0.325. The zero-order valence-corrected chi connectivity index (χ0v) is 22.1.